The van der Waals surface area contributed by atoms with E-state index < -0.39 is 10.5 Å². The van der Waals surface area contributed by atoms with Crippen molar-refractivity contribution in [3.8, 4) is 0 Å². The number of aryl methyl sites for hydroxylation is 1. The average molecular weight is 303 g/mol. The number of nitrogens with two attached hydrogens (primary N) is 1. The molecule has 21 heavy (non-hydrogen) atoms. The summed E-state index contributed by atoms with van der Waals surface area (Å²) in [4.78, 5) is 10.8. The highest BCUT2D eigenvalue weighted by atomic mass is 35.5. The Balaban J connectivity index is 2.00. The largest absolute Gasteiger partial charge is 0.321 e. The van der Waals surface area contributed by atoms with Crippen LogP contribution >= 0.6 is 11.6 Å². The van der Waals surface area contributed by atoms with Gasteiger partial charge in [-0.05, 0) is 30.0 Å². The highest BCUT2D eigenvalue weighted by Gasteiger charge is 2.36. The van der Waals surface area contributed by atoms with E-state index in [1.807, 2.05) is 18.2 Å². The zero-order valence-corrected chi connectivity index (χ0v) is 12.1. The Morgan fingerprint density at radius 3 is 2.81 bits per heavy atom. The third-order valence-corrected chi connectivity index (χ3v) is 4.38. The molecule has 3 rings (SSSR count). The molecule has 1 aliphatic carbocycles. The van der Waals surface area contributed by atoms with E-state index in [-0.39, 0.29) is 5.69 Å². The molecule has 2 aromatic carbocycles. The van der Waals surface area contributed by atoms with Gasteiger partial charge in [0, 0.05) is 28.6 Å². The number of nitrogens with zero attached hydrogens (tertiary/aromatic N) is 1. The molecule has 0 radical (unpaired) electrons. The standard InChI is InChI=1S/C16H15ClN2O2/c17-13-6-5-12(15(9-13)19(20)21)10-16(18)8-7-11-3-1-2-4-14(11)16/h1-6,9H,7-8,10,18H2. The van der Waals surface area contributed by atoms with Crippen molar-refractivity contribution in [2.75, 3.05) is 0 Å². The van der Waals surface area contributed by atoms with Crippen molar-refractivity contribution in [3.63, 3.8) is 0 Å². The molecule has 5 heteroatoms. The molecule has 0 bridgehead atoms. The van der Waals surface area contributed by atoms with Crippen LogP contribution in [0.15, 0.2) is 42.5 Å². The van der Waals surface area contributed by atoms with Gasteiger partial charge in [0.25, 0.3) is 5.69 Å². The van der Waals surface area contributed by atoms with E-state index in [0.717, 1.165) is 18.4 Å². The van der Waals surface area contributed by atoms with Gasteiger partial charge in [0.1, 0.15) is 0 Å². The van der Waals surface area contributed by atoms with Crippen molar-refractivity contribution in [2.24, 2.45) is 5.73 Å². The van der Waals surface area contributed by atoms with Crippen molar-refractivity contribution in [1.82, 2.24) is 0 Å². The molecule has 0 saturated carbocycles. The normalized spacial score (nSPS) is 20.3. The summed E-state index contributed by atoms with van der Waals surface area (Å²) in [7, 11) is 0. The van der Waals surface area contributed by atoms with Gasteiger partial charge in [0.05, 0.1) is 4.92 Å². The number of hydrogen-bond acceptors (Lipinski definition) is 3. The summed E-state index contributed by atoms with van der Waals surface area (Å²) in [5.41, 5.74) is 9.00. The maximum atomic E-state index is 11.2. The van der Waals surface area contributed by atoms with Crippen LogP contribution in [0, 0.1) is 10.1 Å². The SMILES string of the molecule is NC1(Cc2ccc(Cl)cc2[N+](=O)[O-])CCc2ccccc21. The Morgan fingerprint density at radius 2 is 2.05 bits per heavy atom. The molecule has 1 unspecified atom stereocenters. The smallest absolute Gasteiger partial charge is 0.274 e. The number of nitro groups is 1. The van der Waals surface area contributed by atoms with Gasteiger partial charge >= 0.3 is 0 Å². The van der Waals surface area contributed by atoms with Gasteiger partial charge in [-0.1, -0.05) is 41.9 Å². The maximum Gasteiger partial charge on any atom is 0.274 e. The summed E-state index contributed by atoms with van der Waals surface area (Å²) >= 11 is 5.86. The fourth-order valence-electron chi connectivity index (χ4n) is 3.10. The molecule has 2 N–H and O–H groups in total. The van der Waals surface area contributed by atoms with Crippen molar-refractivity contribution in [3.05, 3.63) is 74.3 Å². The first kappa shape index (κ1) is 14.0. The molecule has 0 heterocycles. The van der Waals surface area contributed by atoms with Crippen LogP contribution in [0.25, 0.3) is 0 Å². The molecule has 1 atom stereocenters. The molecule has 0 spiro atoms. The maximum absolute atomic E-state index is 11.2. The first-order valence-corrected chi connectivity index (χ1v) is 7.17. The van der Waals surface area contributed by atoms with Crippen LogP contribution in [0.3, 0.4) is 0 Å². The molecule has 0 fully saturated rings. The van der Waals surface area contributed by atoms with E-state index in [1.165, 1.54) is 11.6 Å². The predicted molar refractivity (Wildman–Crippen MR) is 82.4 cm³/mol. The molecule has 0 saturated heterocycles. The number of halogens is 1. The molecule has 2 aromatic rings. The summed E-state index contributed by atoms with van der Waals surface area (Å²) in [5.74, 6) is 0. The fourth-order valence-corrected chi connectivity index (χ4v) is 3.26. The zero-order chi connectivity index (χ0) is 15.0. The Morgan fingerprint density at radius 1 is 1.29 bits per heavy atom. The van der Waals surface area contributed by atoms with Gasteiger partial charge in [-0.15, -0.1) is 0 Å². The van der Waals surface area contributed by atoms with E-state index in [4.69, 9.17) is 17.3 Å². The van der Waals surface area contributed by atoms with Gasteiger partial charge in [0.2, 0.25) is 0 Å². The number of nitro benzene ring substituents is 1. The van der Waals surface area contributed by atoms with E-state index in [2.05, 4.69) is 6.07 Å². The first-order chi connectivity index (χ1) is 9.99. The third-order valence-electron chi connectivity index (χ3n) is 4.14. The van der Waals surface area contributed by atoms with E-state index in [1.54, 1.807) is 12.1 Å². The Labute approximate surface area is 127 Å². The zero-order valence-electron chi connectivity index (χ0n) is 11.4. The minimum Gasteiger partial charge on any atom is -0.321 e. The lowest BCUT2D eigenvalue weighted by atomic mass is 9.85. The summed E-state index contributed by atoms with van der Waals surface area (Å²) < 4.78 is 0. The van der Waals surface area contributed by atoms with Crippen molar-refractivity contribution in [1.29, 1.82) is 0 Å². The Bertz CT molecular complexity index is 717. The van der Waals surface area contributed by atoms with E-state index in [9.17, 15) is 10.1 Å². The van der Waals surface area contributed by atoms with Gasteiger partial charge in [0.15, 0.2) is 0 Å². The number of benzene rings is 2. The minimum absolute atomic E-state index is 0.0386. The van der Waals surface area contributed by atoms with Gasteiger partial charge < -0.3 is 5.73 Å². The second kappa shape index (κ2) is 5.13. The Hall–Kier alpha value is -1.91. The molecular formula is C16H15ClN2O2. The van der Waals surface area contributed by atoms with Gasteiger partial charge in [-0.25, -0.2) is 0 Å². The van der Waals surface area contributed by atoms with Crippen LogP contribution in [0.2, 0.25) is 5.02 Å². The van der Waals surface area contributed by atoms with Crippen LogP contribution in [0.5, 0.6) is 0 Å². The monoisotopic (exact) mass is 302 g/mol. The third kappa shape index (κ3) is 2.52. The molecule has 4 nitrogen and oxygen atoms in total. The van der Waals surface area contributed by atoms with Crippen LogP contribution in [0.4, 0.5) is 5.69 Å². The van der Waals surface area contributed by atoms with Crippen LogP contribution in [0.1, 0.15) is 23.1 Å². The Kier molecular flexibility index (Phi) is 3.43. The fraction of sp³-hybridized carbons (Fsp3) is 0.250. The predicted octanol–water partition coefficient (Wildman–Crippen LogP) is 3.59. The van der Waals surface area contributed by atoms with Crippen LogP contribution < -0.4 is 5.73 Å². The lowest BCUT2D eigenvalue weighted by Gasteiger charge is -2.25. The van der Waals surface area contributed by atoms with Crippen molar-refractivity contribution < 1.29 is 4.92 Å². The lowest BCUT2D eigenvalue weighted by Crippen LogP contribution is -2.36. The summed E-state index contributed by atoms with van der Waals surface area (Å²) in [5, 5.41) is 11.6. The highest BCUT2D eigenvalue weighted by molar-refractivity contribution is 6.30. The van der Waals surface area contributed by atoms with Crippen LogP contribution in [-0.4, -0.2) is 4.92 Å². The van der Waals surface area contributed by atoms with Crippen molar-refractivity contribution >= 4 is 17.3 Å². The highest BCUT2D eigenvalue weighted by Crippen LogP contribution is 2.39. The van der Waals surface area contributed by atoms with Crippen molar-refractivity contribution in [2.45, 2.75) is 24.8 Å². The van der Waals surface area contributed by atoms with Gasteiger partial charge in [-0.3, -0.25) is 10.1 Å². The van der Waals surface area contributed by atoms with E-state index >= 15 is 0 Å². The number of hydrogen-bond donors (Lipinski definition) is 1. The molecule has 0 amide bonds. The average Bonchev–Trinajstić information content (AvgIpc) is 2.79. The summed E-state index contributed by atoms with van der Waals surface area (Å²) in [6.45, 7) is 0. The molecule has 0 aliphatic heterocycles. The molecule has 1 aliphatic rings. The summed E-state index contributed by atoms with van der Waals surface area (Å²) in [6.07, 6.45) is 2.15. The first-order valence-electron chi connectivity index (χ1n) is 6.80. The molecule has 0 aromatic heterocycles. The molecular weight excluding hydrogens is 288 g/mol. The second-order valence-corrected chi connectivity index (χ2v) is 5.96. The summed E-state index contributed by atoms with van der Waals surface area (Å²) in [6, 6.07) is 12.8. The number of fused-ring (bicyclic) bond motifs is 1. The topological polar surface area (TPSA) is 69.2 Å². The lowest BCUT2D eigenvalue weighted by molar-refractivity contribution is -0.385. The number of rotatable bonds is 3. The van der Waals surface area contributed by atoms with Gasteiger partial charge in [-0.2, -0.15) is 0 Å². The quantitative estimate of drug-likeness (QED) is 0.696. The van der Waals surface area contributed by atoms with Crippen LogP contribution in [-0.2, 0) is 18.4 Å². The molecule has 108 valence electrons. The minimum atomic E-state index is -0.546. The van der Waals surface area contributed by atoms with E-state index in [0.29, 0.717) is 17.0 Å². The second-order valence-electron chi connectivity index (χ2n) is 5.52.